The van der Waals surface area contributed by atoms with E-state index < -0.39 is 17.9 Å². The molecule has 164 valence electrons. The number of carbonyl (C=O) groups excluding carboxylic acids is 2. The van der Waals surface area contributed by atoms with E-state index in [2.05, 4.69) is 16.0 Å². The number of rotatable bonds is 10. The van der Waals surface area contributed by atoms with Crippen molar-refractivity contribution in [3.63, 3.8) is 0 Å². The van der Waals surface area contributed by atoms with Gasteiger partial charge in [-0.05, 0) is 45.1 Å². The van der Waals surface area contributed by atoms with Crippen LogP contribution in [0.4, 0.5) is 0 Å². The van der Waals surface area contributed by atoms with E-state index in [0.717, 1.165) is 0 Å². The summed E-state index contributed by atoms with van der Waals surface area (Å²) in [7, 11) is 1.56. The summed E-state index contributed by atoms with van der Waals surface area (Å²) in [5.41, 5.74) is 1.93. The second-order valence-corrected chi connectivity index (χ2v) is 7.09. The number of aromatic nitrogens is 2. The number of hydrogen-bond donors (Lipinski definition) is 0. The highest BCUT2D eigenvalue weighted by Crippen LogP contribution is 2.29. The molecule has 0 aliphatic heterocycles. The van der Waals surface area contributed by atoms with Gasteiger partial charge in [0.1, 0.15) is 11.8 Å². The molecule has 1 aromatic carbocycles. The van der Waals surface area contributed by atoms with Gasteiger partial charge in [-0.15, -0.1) is 0 Å². The van der Waals surface area contributed by atoms with Gasteiger partial charge in [-0.25, -0.2) is 9.97 Å². The van der Waals surface area contributed by atoms with Gasteiger partial charge in [0.15, 0.2) is 11.1 Å². The molecule has 2 aromatic rings. The number of carbonyl (C=O) groups is 2. The molecule has 31 heavy (non-hydrogen) atoms. The van der Waals surface area contributed by atoms with Crippen molar-refractivity contribution < 1.29 is 23.8 Å². The lowest BCUT2D eigenvalue weighted by atomic mass is 9.98. The molecule has 1 heterocycles. The van der Waals surface area contributed by atoms with E-state index in [0.29, 0.717) is 27.9 Å². The van der Waals surface area contributed by atoms with Crippen LogP contribution in [0, 0.1) is 17.2 Å². The van der Waals surface area contributed by atoms with Gasteiger partial charge < -0.3 is 14.2 Å². The zero-order valence-electron chi connectivity index (χ0n) is 18.0. The van der Waals surface area contributed by atoms with Crippen LogP contribution >= 0.6 is 11.8 Å². The Kier molecular flexibility index (Phi) is 9.28. The van der Waals surface area contributed by atoms with E-state index in [1.54, 1.807) is 33.1 Å². The van der Waals surface area contributed by atoms with Crippen molar-refractivity contribution in [2.45, 2.75) is 31.8 Å². The van der Waals surface area contributed by atoms with Crippen LogP contribution in [0.15, 0.2) is 29.4 Å². The third-order valence-corrected chi connectivity index (χ3v) is 4.96. The molecule has 0 saturated heterocycles. The minimum Gasteiger partial charge on any atom is -0.497 e. The number of nitriles is 1. The smallest absolute Gasteiger partial charge is 0.320 e. The van der Waals surface area contributed by atoms with Gasteiger partial charge in [0.25, 0.3) is 0 Å². The molecule has 0 fully saturated rings. The fourth-order valence-electron chi connectivity index (χ4n) is 2.95. The number of thioether (sulfide) groups is 1. The van der Waals surface area contributed by atoms with Gasteiger partial charge in [0.05, 0.1) is 37.3 Å². The zero-order chi connectivity index (χ0) is 22.8. The fraction of sp³-hybridized carbons (Fsp3) is 0.409. The Balaban J connectivity index is 2.44. The minimum absolute atomic E-state index is 0.106. The molecule has 0 saturated carbocycles. The lowest BCUT2D eigenvalue weighted by Gasteiger charge is -2.15. The van der Waals surface area contributed by atoms with Crippen molar-refractivity contribution in [2.75, 3.05) is 26.6 Å². The molecule has 0 aliphatic carbocycles. The van der Waals surface area contributed by atoms with Crippen LogP contribution in [-0.4, -0.2) is 48.5 Å². The third kappa shape index (κ3) is 6.18. The van der Waals surface area contributed by atoms with Crippen LogP contribution in [0.2, 0.25) is 0 Å². The van der Waals surface area contributed by atoms with E-state index in [4.69, 9.17) is 14.2 Å². The van der Waals surface area contributed by atoms with E-state index in [9.17, 15) is 14.9 Å². The molecule has 0 atom stereocenters. The fourth-order valence-corrected chi connectivity index (χ4v) is 3.34. The summed E-state index contributed by atoms with van der Waals surface area (Å²) < 4.78 is 15.3. The highest BCUT2D eigenvalue weighted by Gasteiger charge is 2.30. The van der Waals surface area contributed by atoms with Crippen LogP contribution in [-0.2, 0) is 25.5 Å². The number of benzene rings is 1. The van der Waals surface area contributed by atoms with Gasteiger partial charge in [-0.3, -0.25) is 9.59 Å². The highest BCUT2D eigenvalue weighted by atomic mass is 32.2. The average molecular weight is 444 g/mol. The molecular formula is C22H25N3O5S. The molecule has 9 heteroatoms. The standard InChI is InChI=1S/C22H25N3O5S/c1-5-29-20(26)16(21(27)30-6-2)10-11-18-17(13-23)19(25-22(24-18)31-4)14-8-7-9-15(12-14)28-3/h7-9,12,16H,5-6,10-11H2,1-4H3. The van der Waals surface area contributed by atoms with Crippen molar-refractivity contribution >= 4 is 23.7 Å². The second kappa shape index (κ2) is 11.9. The minimum atomic E-state index is -1.08. The molecule has 0 aliphatic rings. The molecule has 8 nitrogen and oxygen atoms in total. The molecule has 0 amide bonds. The van der Waals surface area contributed by atoms with Crippen molar-refractivity contribution in [3.05, 3.63) is 35.5 Å². The Morgan fingerprint density at radius 1 is 1.16 bits per heavy atom. The summed E-state index contributed by atoms with van der Waals surface area (Å²) in [5.74, 6) is -1.74. The first-order chi connectivity index (χ1) is 15.0. The lowest BCUT2D eigenvalue weighted by molar-refractivity contribution is -0.161. The van der Waals surface area contributed by atoms with Crippen LogP contribution < -0.4 is 4.74 Å². The first-order valence-corrected chi connectivity index (χ1v) is 11.0. The average Bonchev–Trinajstić information content (AvgIpc) is 2.78. The van der Waals surface area contributed by atoms with Crippen LogP contribution in [0.1, 0.15) is 31.5 Å². The number of ether oxygens (including phenoxy) is 3. The number of aryl methyl sites for hydroxylation is 1. The summed E-state index contributed by atoms with van der Waals surface area (Å²) in [6, 6.07) is 9.41. The Morgan fingerprint density at radius 2 is 1.84 bits per heavy atom. The molecule has 1 aromatic heterocycles. The molecule has 2 rings (SSSR count). The monoisotopic (exact) mass is 443 g/mol. The quantitative estimate of drug-likeness (QED) is 0.236. The summed E-state index contributed by atoms with van der Waals surface area (Å²) in [5, 5.41) is 10.3. The van der Waals surface area contributed by atoms with Gasteiger partial charge in [0, 0.05) is 5.56 Å². The number of nitrogens with zero attached hydrogens (tertiary/aromatic N) is 3. The van der Waals surface area contributed by atoms with Crippen LogP contribution in [0.5, 0.6) is 5.75 Å². The maximum Gasteiger partial charge on any atom is 0.320 e. The van der Waals surface area contributed by atoms with Gasteiger partial charge >= 0.3 is 11.9 Å². The SMILES string of the molecule is CCOC(=O)C(CCc1nc(SC)nc(-c2cccc(OC)c2)c1C#N)C(=O)OCC. The maximum absolute atomic E-state index is 12.3. The number of hydrogen-bond acceptors (Lipinski definition) is 9. The van der Waals surface area contributed by atoms with Gasteiger partial charge in [-0.2, -0.15) is 5.26 Å². The Bertz CT molecular complexity index is 956. The highest BCUT2D eigenvalue weighted by molar-refractivity contribution is 7.98. The summed E-state index contributed by atoms with van der Waals surface area (Å²) in [6.45, 7) is 3.65. The molecule has 0 bridgehead atoms. The van der Waals surface area contributed by atoms with Crippen molar-refractivity contribution in [3.8, 4) is 23.1 Å². The van der Waals surface area contributed by atoms with Crippen LogP contribution in [0.3, 0.4) is 0 Å². The number of methoxy groups -OCH3 is 1. The van der Waals surface area contributed by atoms with Crippen molar-refractivity contribution in [2.24, 2.45) is 5.92 Å². The Hall–Kier alpha value is -3.12. The van der Waals surface area contributed by atoms with Gasteiger partial charge in [-0.1, -0.05) is 23.9 Å². The van der Waals surface area contributed by atoms with Crippen molar-refractivity contribution in [1.82, 2.24) is 9.97 Å². The summed E-state index contributed by atoms with van der Waals surface area (Å²) in [4.78, 5) is 33.5. The topological polar surface area (TPSA) is 111 Å². The molecular weight excluding hydrogens is 418 g/mol. The van der Waals surface area contributed by atoms with Crippen LogP contribution in [0.25, 0.3) is 11.3 Å². The normalized spacial score (nSPS) is 10.5. The lowest BCUT2D eigenvalue weighted by Crippen LogP contribution is -2.29. The van der Waals surface area contributed by atoms with Crippen molar-refractivity contribution in [1.29, 1.82) is 5.26 Å². The number of esters is 2. The van der Waals surface area contributed by atoms with Gasteiger partial charge in [0.2, 0.25) is 0 Å². The first-order valence-electron chi connectivity index (χ1n) is 9.81. The molecule has 0 radical (unpaired) electrons. The van der Waals surface area contributed by atoms with E-state index >= 15 is 0 Å². The Morgan fingerprint density at radius 3 is 2.39 bits per heavy atom. The van der Waals surface area contributed by atoms with E-state index in [1.165, 1.54) is 11.8 Å². The largest absolute Gasteiger partial charge is 0.497 e. The third-order valence-electron chi connectivity index (χ3n) is 4.41. The predicted octanol–water partition coefficient (Wildman–Crippen LogP) is 3.42. The first kappa shape index (κ1) is 24.2. The second-order valence-electron chi connectivity index (χ2n) is 6.32. The van der Waals surface area contributed by atoms with E-state index in [-0.39, 0.29) is 31.6 Å². The zero-order valence-corrected chi connectivity index (χ0v) is 18.8. The molecule has 0 spiro atoms. The maximum atomic E-state index is 12.3. The summed E-state index contributed by atoms with van der Waals surface area (Å²) in [6.07, 6.45) is 2.15. The predicted molar refractivity (Wildman–Crippen MR) is 116 cm³/mol. The summed E-state index contributed by atoms with van der Waals surface area (Å²) >= 11 is 1.34. The molecule has 0 N–H and O–H groups in total. The Labute approximate surface area is 185 Å². The van der Waals surface area contributed by atoms with E-state index in [1.807, 2.05) is 18.4 Å². The molecule has 0 unspecified atom stereocenters.